The summed E-state index contributed by atoms with van der Waals surface area (Å²) < 4.78 is 0. The molecule has 0 bridgehead atoms. The average molecular weight is 522 g/mol. The van der Waals surface area contributed by atoms with Crippen LogP contribution in [0.1, 0.15) is 31.2 Å². The van der Waals surface area contributed by atoms with Crippen molar-refractivity contribution in [2.24, 2.45) is 16.5 Å². The summed E-state index contributed by atoms with van der Waals surface area (Å²) in [7, 11) is 0. The number of carbonyl (C=O) groups excluding carboxylic acids is 3. The SMILES string of the molecule is NC(N)=NCCCC(NC(=O)C(CS)NC(=O)C1CCCN1)C(=O)NC(Cc1ccccc1)C(=O)O. The van der Waals surface area contributed by atoms with Crippen molar-refractivity contribution < 1.29 is 24.3 Å². The maximum Gasteiger partial charge on any atom is 0.326 e. The Morgan fingerprint density at radius 3 is 2.31 bits per heavy atom. The van der Waals surface area contributed by atoms with Gasteiger partial charge in [0.25, 0.3) is 0 Å². The molecule has 36 heavy (non-hydrogen) atoms. The van der Waals surface area contributed by atoms with E-state index in [2.05, 4.69) is 38.9 Å². The van der Waals surface area contributed by atoms with Gasteiger partial charge in [0, 0.05) is 18.7 Å². The van der Waals surface area contributed by atoms with Gasteiger partial charge in [0.15, 0.2) is 5.96 Å². The number of carbonyl (C=O) groups is 4. The third-order valence-corrected chi connectivity index (χ3v) is 6.03. The molecule has 0 saturated carbocycles. The zero-order valence-corrected chi connectivity index (χ0v) is 20.9. The van der Waals surface area contributed by atoms with Crippen LogP contribution in [0, 0.1) is 0 Å². The first-order valence-corrected chi connectivity index (χ1v) is 12.4. The Kier molecular flexibility index (Phi) is 12.0. The zero-order valence-electron chi connectivity index (χ0n) is 20.0. The second kappa shape index (κ2) is 14.9. The largest absolute Gasteiger partial charge is 0.480 e. The molecule has 1 aliphatic heterocycles. The number of thiol groups is 1. The Morgan fingerprint density at radius 2 is 1.72 bits per heavy atom. The molecular weight excluding hydrogens is 486 g/mol. The fourth-order valence-corrected chi connectivity index (χ4v) is 4.00. The van der Waals surface area contributed by atoms with Crippen LogP contribution in [0.2, 0.25) is 0 Å². The van der Waals surface area contributed by atoms with Gasteiger partial charge in [-0.05, 0) is 37.8 Å². The van der Waals surface area contributed by atoms with E-state index in [1.165, 1.54) is 0 Å². The van der Waals surface area contributed by atoms with Gasteiger partial charge in [-0.25, -0.2) is 4.79 Å². The number of nitrogens with two attached hydrogens (primary N) is 2. The molecule has 1 aromatic carbocycles. The van der Waals surface area contributed by atoms with E-state index in [4.69, 9.17) is 11.5 Å². The molecule has 1 aromatic rings. The highest BCUT2D eigenvalue weighted by atomic mass is 32.1. The van der Waals surface area contributed by atoms with E-state index < -0.39 is 35.9 Å². The van der Waals surface area contributed by atoms with E-state index in [-0.39, 0.29) is 43.0 Å². The first kappa shape index (κ1) is 28.9. The summed E-state index contributed by atoms with van der Waals surface area (Å²) in [6.07, 6.45) is 2.09. The van der Waals surface area contributed by atoms with Crippen LogP contribution in [0.3, 0.4) is 0 Å². The minimum absolute atomic E-state index is 0.0123. The molecule has 198 valence electrons. The van der Waals surface area contributed by atoms with Gasteiger partial charge in [0.1, 0.15) is 18.1 Å². The number of amides is 3. The van der Waals surface area contributed by atoms with Crippen molar-refractivity contribution in [1.29, 1.82) is 0 Å². The lowest BCUT2D eigenvalue weighted by molar-refractivity contribution is -0.142. The van der Waals surface area contributed by atoms with E-state index in [9.17, 15) is 24.3 Å². The molecule has 1 fully saturated rings. The third kappa shape index (κ3) is 9.74. The van der Waals surface area contributed by atoms with Crippen LogP contribution in [-0.2, 0) is 25.6 Å². The number of nitrogens with one attached hydrogen (secondary N) is 4. The van der Waals surface area contributed by atoms with Crippen molar-refractivity contribution in [1.82, 2.24) is 21.3 Å². The molecule has 9 N–H and O–H groups in total. The van der Waals surface area contributed by atoms with Crippen molar-refractivity contribution in [3.8, 4) is 0 Å². The first-order valence-electron chi connectivity index (χ1n) is 11.8. The van der Waals surface area contributed by atoms with Gasteiger partial charge in [-0.2, -0.15) is 12.6 Å². The molecule has 1 heterocycles. The quantitative estimate of drug-likeness (QED) is 0.0625. The van der Waals surface area contributed by atoms with E-state index in [1.54, 1.807) is 30.3 Å². The molecule has 1 aliphatic rings. The summed E-state index contributed by atoms with van der Waals surface area (Å²) in [4.78, 5) is 54.1. The molecule has 4 unspecified atom stereocenters. The van der Waals surface area contributed by atoms with E-state index in [0.717, 1.165) is 18.5 Å². The molecule has 4 atom stereocenters. The van der Waals surface area contributed by atoms with E-state index in [1.807, 2.05) is 0 Å². The summed E-state index contributed by atoms with van der Waals surface area (Å²) in [6, 6.07) is 5.24. The number of hydrogen-bond donors (Lipinski definition) is 8. The Morgan fingerprint density at radius 1 is 1.06 bits per heavy atom. The molecule has 2 rings (SSSR count). The highest BCUT2D eigenvalue weighted by molar-refractivity contribution is 7.80. The van der Waals surface area contributed by atoms with Crippen LogP contribution in [0.5, 0.6) is 0 Å². The summed E-state index contributed by atoms with van der Waals surface area (Å²) in [5.74, 6) is -2.89. The summed E-state index contributed by atoms with van der Waals surface area (Å²) in [5, 5.41) is 20.5. The Balaban J connectivity index is 2.08. The van der Waals surface area contributed by atoms with Gasteiger partial charge in [-0.3, -0.25) is 19.4 Å². The van der Waals surface area contributed by atoms with Crippen molar-refractivity contribution in [2.45, 2.75) is 56.3 Å². The Bertz CT molecular complexity index is 921. The molecule has 1 saturated heterocycles. The number of hydrogen-bond acceptors (Lipinski definition) is 7. The minimum atomic E-state index is -1.21. The van der Waals surface area contributed by atoms with Gasteiger partial charge in [-0.15, -0.1) is 0 Å². The third-order valence-electron chi connectivity index (χ3n) is 5.67. The maximum absolute atomic E-state index is 13.1. The molecular formula is C23H35N7O5S. The average Bonchev–Trinajstić information content (AvgIpc) is 3.39. The zero-order chi connectivity index (χ0) is 26.5. The highest BCUT2D eigenvalue weighted by Gasteiger charge is 2.31. The van der Waals surface area contributed by atoms with Crippen LogP contribution in [0.15, 0.2) is 35.3 Å². The van der Waals surface area contributed by atoms with Gasteiger partial charge < -0.3 is 37.8 Å². The van der Waals surface area contributed by atoms with Crippen LogP contribution in [0.25, 0.3) is 0 Å². The van der Waals surface area contributed by atoms with Gasteiger partial charge in [-0.1, -0.05) is 30.3 Å². The van der Waals surface area contributed by atoms with E-state index in [0.29, 0.717) is 12.8 Å². The molecule has 0 aliphatic carbocycles. The monoisotopic (exact) mass is 521 g/mol. The topological polar surface area (TPSA) is 201 Å². The van der Waals surface area contributed by atoms with Gasteiger partial charge in [0.2, 0.25) is 17.7 Å². The lowest BCUT2D eigenvalue weighted by Crippen LogP contribution is -2.57. The molecule has 3 amide bonds. The number of aliphatic imine (C=N–C) groups is 1. The lowest BCUT2D eigenvalue weighted by Gasteiger charge is -2.24. The number of aliphatic carboxylic acids is 1. The minimum Gasteiger partial charge on any atom is -0.480 e. The number of guanidine groups is 1. The number of nitrogens with zero attached hydrogens (tertiary/aromatic N) is 1. The van der Waals surface area contributed by atoms with Crippen LogP contribution in [0.4, 0.5) is 0 Å². The summed E-state index contributed by atoms with van der Waals surface area (Å²) in [5.41, 5.74) is 11.4. The second-order valence-corrected chi connectivity index (χ2v) is 8.86. The van der Waals surface area contributed by atoms with Crippen molar-refractivity contribution in [3.63, 3.8) is 0 Å². The number of carboxylic acid groups (broad SMARTS) is 1. The lowest BCUT2D eigenvalue weighted by atomic mass is 10.0. The fourth-order valence-electron chi connectivity index (χ4n) is 3.74. The summed E-state index contributed by atoms with van der Waals surface area (Å²) >= 11 is 4.17. The maximum atomic E-state index is 13.1. The standard InChI is InChI=1S/C23H35N7O5S/c24-23(25)27-11-5-9-16(20(32)29-17(22(34)35)12-14-6-2-1-3-7-14)28-21(33)18(13-36)30-19(31)15-8-4-10-26-15/h1-3,6-7,15-18,26,36H,4-5,8-13H2,(H,28,33)(H,29,32)(H,30,31)(H,34,35)(H4,24,25,27). The molecule has 13 heteroatoms. The van der Waals surface area contributed by atoms with Crippen LogP contribution in [-0.4, -0.2) is 77.8 Å². The normalized spacial score (nSPS) is 17.3. The Hall–Kier alpha value is -3.32. The van der Waals surface area contributed by atoms with Crippen LogP contribution < -0.4 is 32.7 Å². The van der Waals surface area contributed by atoms with Gasteiger partial charge >= 0.3 is 5.97 Å². The smallest absolute Gasteiger partial charge is 0.326 e. The number of rotatable bonds is 14. The number of benzene rings is 1. The fraction of sp³-hybridized carbons (Fsp3) is 0.522. The molecule has 0 spiro atoms. The Labute approximate surface area is 215 Å². The first-order chi connectivity index (χ1) is 17.2. The predicted octanol–water partition coefficient (Wildman–Crippen LogP) is -1.50. The molecule has 0 radical (unpaired) electrons. The van der Waals surface area contributed by atoms with Crippen molar-refractivity contribution >= 4 is 42.3 Å². The highest BCUT2D eigenvalue weighted by Crippen LogP contribution is 2.08. The molecule has 0 aromatic heterocycles. The second-order valence-electron chi connectivity index (χ2n) is 8.49. The van der Waals surface area contributed by atoms with Crippen LogP contribution >= 0.6 is 12.6 Å². The van der Waals surface area contributed by atoms with Crippen molar-refractivity contribution in [3.05, 3.63) is 35.9 Å². The molecule has 12 nitrogen and oxygen atoms in total. The van der Waals surface area contributed by atoms with Crippen molar-refractivity contribution in [2.75, 3.05) is 18.8 Å². The summed E-state index contributed by atoms with van der Waals surface area (Å²) in [6.45, 7) is 0.941. The van der Waals surface area contributed by atoms with E-state index >= 15 is 0 Å². The van der Waals surface area contributed by atoms with Gasteiger partial charge in [0.05, 0.1) is 6.04 Å². The number of carboxylic acids is 1. The predicted molar refractivity (Wildman–Crippen MR) is 138 cm³/mol.